The minimum Gasteiger partial charge on any atom is -0.432 e. The van der Waals surface area contributed by atoms with Crippen LogP contribution in [0.5, 0.6) is 0 Å². The van der Waals surface area contributed by atoms with Crippen LogP contribution in [0.2, 0.25) is 0 Å². The van der Waals surface area contributed by atoms with E-state index in [9.17, 15) is 22.8 Å². The Bertz CT molecular complexity index is 407. The first kappa shape index (κ1) is 15.5. The summed E-state index contributed by atoms with van der Waals surface area (Å²) in [5.41, 5.74) is -0.672. The molecule has 7 heteroatoms. The maximum Gasteiger partial charge on any atom is 0.471 e. The molecule has 0 unspecified atom stereocenters. The van der Waals surface area contributed by atoms with Gasteiger partial charge in [-0.15, -0.1) is 0 Å². The Balaban J connectivity index is 2.77. The van der Waals surface area contributed by atoms with Crippen molar-refractivity contribution in [2.75, 3.05) is 6.54 Å². The summed E-state index contributed by atoms with van der Waals surface area (Å²) in [6.07, 6.45) is -3.28. The van der Waals surface area contributed by atoms with Gasteiger partial charge < -0.3 is 9.64 Å². The Labute approximate surface area is 109 Å². The van der Waals surface area contributed by atoms with Gasteiger partial charge in [0.15, 0.2) is 0 Å². The molecule has 108 valence electrons. The zero-order valence-corrected chi connectivity index (χ0v) is 11.0. The van der Waals surface area contributed by atoms with Gasteiger partial charge in [0.25, 0.3) is 0 Å². The van der Waals surface area contributed by atoms with Gasteiger partial charge in [0, 0.05) is 6.54 Å². The third-order valence-electron chi connectivity index (χ3n) is 2.56. The second kappa shape index (κ2) is 5.22. The summed E-state index contributed by atoms with van der Waals surface area (Å²) >= 11 is 0. The van der Waals surface area contributed by atoms with E-state index in [0.29, 0.717) is 11.3 Å². The lowest BCUT2D eigenvalue weighted by atomic mass is 9.97. The number of hydrogen-bond donors (Lipinski definition) is 0. The number of esters is 1. The smallest absolute Gasteiger partial charge is 0.432 e. The molecule has 1 aliphatic heterocycles. The highest BCUT2D eigenvalue weighted by molar-refractivity contribution is 5.84. The van der Waals surface area contributed by atoms with Gasteiger partial charge in [-0.2, -0.15) is 13.2 Å². The quantitative estimate of drug-likeness (QED) is 0.547. The van der Waals surface area contributed by atoms with Gasteiger partial charge in [0.2, 0.25) is 0 Å². The lowest BCUT2D eigenvalue weighted by molar-refractivity contribution is -0.182. The average Bonchev–Trinajstić information content (AvgIpc) is 2.69. The van der Waals surface area contributed by atoms with Crippen LogP contribution in [0.15, 0.2) is 12.0 Å². The van der Waals surface area contributed by atoms with Crippen LogP contribution in [-0.2, 0) is 14.3 Å². The van der Waals surface area contributed by atoms with Crippen molar-refractivity contribution in [3.63, 3.8) is 0 Å². The zero-order chi connectivity index (χ0) is 14.8. The molecule has 0 saturated carbocycles. The van der Waals surface area contributed by atoms with Crippen LogP contribution in [-0.4, -0.2) is 29.5 Å². The topological polar surface area (TPSA) is 46.6 Å². The molecule has 0 atom stereocenters. The summed E-state index contributed by atoms with van der Waals surface area (Å²) in [6, 6.07) is 0. The fraction of sp³-hybridized carbons (Fsp3) is 0.667. The van der Waals surface area contributed by atoms with Crippen LogP contribution >= 0.6 is 0 Å². The summed E-state index contributed by atoms with van der Waals surface area (Å²) in [4.78, 5) is 23.2. The first-order valence-corrected chi connectivity index (χ1v) is 5.82. The number of likely N-dealkylation sites (tertiary alicyclic amines) is 1. The Hall–Kier alpha value is -1.53. The summed E-state index contributed by atoms with van der Waals surface area (Å²) in [6.45, 7) is 4.86. The number of allylic oxidation sites excluding steroid dienone is 1. The van der Waals surface area contributed by atoms with Crippen LogP contribution in [0.25, 0.3) is 0 Å². The molecule has 19 heavy (non-hydrogen) atoms. The lowest BCUT2D eigenvalue weighted by Crippen LogP contribution is -2.38. The van der Waals surface area contributed by atoms with Gasteiger partial charge in [-0.25, -0.2) is 0 Å². The number of hydrogen-bond acceptors (Lipinski definition) is 3. The van der Waals surface area contributed by atoms with Gasteiger partial charge in [-0.1, -0.05) is 0 Å². The molecule has 1 fully saturated rings. The van der Waals surface area contributed by atoms with E-state index in [-0.39, 0.29) is 18.7 Å². The number of ether oxygens (including phenoxy) is 1. The number of halogens is 3. The van der Waals surface area contributed by atoms with Crippen LogP contribution in [0.1, 0.15) is 33.6 Å². The Morgan fingerprint density at radius 2 is 1.84 bits per heavy atom. The molecule has 1 amide bonds. The van der Waals surface area contributed by atoms with Crippen molar-refractivity contribution < 1.29 is 27.5 Å². The third-order valence-corrected chi connectivity index (χ3v) is 2.56. The minimum atomic E-state index is -4.92. The number of rotatable bonds is 1. The van der Waals surface area contributed by atoms with E-state index in [4.69, 9.17) is 4.74 Å². The molecule has 0 N–H and O–H groups in total. The standard InChI is InChI=1S/C12H16F3NO3/c1-11(2,3)10(18)19-7-8-5-4-6-16(8)9(17)12(13,14)15/h7H,4-6H2,1-3H3/b8-7-. The van der Waals surface area contributed by atoms with E-state index < -0.39 is 23.5 Å². The van der Waals surface area contributed by atoms with Gasteiger partial charge in [0.05, 0.1) is 11.1 Å². The maximum atomic E-state index is 12.3. The maximum absolute atomic E-state index is 12.3. The second-order valence-electron chi connectivity index (χ2n) is 5.32. The van der Waals surface area contributed by atoms with Gasteiger partial charge in [-0.3, -0.25) is 9.59 Å². The molecule has 1 saturated heterocycles. The predicted octanol–water partition coefficient (Wildman–Crippen LogP) is 2.60. The van der Waals surface area contributed by atoms with Gasteiger partial charge in [-0.05, 0) is 33.6 Å². The van der Waals surface area contributed by atoms with Crippen molar-refractivity contribution in [3.05, 3.63) is 12.0 Å². The molecule has 0 bridgehead atoms. The number of carbonyl (C=O) groups is 2. The molecule has 0 aliphatic carbocycles. The number of alkyl halides is 3. The SMILES string of the molecule is CC(C)(C)C(=O)O/C=C1/CCCN1C(=O)C(F)(F)F. The van der Waals surface area contributed by atoms with E-state index in [0.717, 1.165) is 6.26 Å². The van der Waals surface area contributed by atoms with E-state index >= 15 is 0 Å². The number of nitrogens with zero attached hydrogens (tertiary/aromatic N) is 1. The van der Waals surface area contributed by atoms with Crippen LogP contribution in [0, 0.1) is 5.41 Å². The fourth-order valence-electron chi connectivity index (χ4n) is 1.50. The average molecular weight is 279 g/mol. The minimum absolute atomic E-state index is 0.0166. The first-order chi connectivity index (χ1) is 8.53. The van der Waals surface area contributed by atoms with Crippen molar-refractivity contribution >= 4 is 11.9 Å². The number of amides is 1. The molecule has 0 aromatic carbocycles. The highest BCUT2D eigenvalue weighted by atomic mass is 19.4. The van der Waals surface area contributed by atoms with Crippen molar-refractivity contribution in [1.82, 2.24) is 4.90 Å². The van der Waals surface area contributed by atoms with E-state index in [1.165, 1.54) is 0 Å². The molecule has 1 rings (SSSR count). The molecule has 1 aliphatic rings. The van der Waals surface area contributed by atoms with Crippen molar-refractivity contribution in [3.8, 4) is 0 Å². The lowest BCUT2D eigenvalue weighted by Gasteiger charge is -2.20. The highest BCUT2D eigenvalue weighted by Gasteiger charge is 2.44. The molecule has 0 spiro atoms. The molecule has 1 heterocycles. The van der Waals surface area contributed by atoms with Crippen LogP contribution in [0.3, 0.4) is 0 Å². The molecule has 0 aromatic heterocycles. The Morgan fingerprint density at radius 3 is 2.32 bits per heavy atom. The van der Waals surface area contributed by atoms with E-state index in [1.807, 2.05) is 0 Å². The third kappa shape index (κ3) is 3.97. The molecule has 0 radical (unpaired) electrons. The van der Waals surface area contributed by atoms with Crippen molar-refractivity contribution in [1.29, 1.82) is 0 Å². The molecular formula is C12H16F3NO3. The summed E-state index contributed by atoms with van der Waals surface area (Å²) in [7, 11) is 0. The highest BCUT2D eigenvalue weighted by Crippen LogP contribution is 2.28. The molecule has 0 aromatic rings. The predicted molar refractivity (Wildman–Crippen MR) is 60.6 cm³/mol. The molecular weight excluding hydrogens is 263 g/mol. The second-order valence-corrected chi connectivity index (χ2v) is 5.32. The Kier molecular flexibility index (Phi) is 4.27. The van der Waals surface area contributed by atoms with E-state index in [1.54, 1.807) is 20.8 Å². The van der Waals surface area contributed by atoms with E-state index in [2.05, 4.69) is 0 Å². The summed E-state index contributed by atoms with van der Waals surface area (Å²) < 4.78 is 41.8. The fourth-order valence-corrected chi connectivity index (χ4v) is 1.50. The van der Waals surface area contributed by atoms with Crippen LogP contribution in [0.4, 0.5) is 13.2 Å². The van der Waals surface area contributed by atoms with Gasteiger partial charge >= 0.3 is 18.1 Å². The first-order valence-electron chi connectivity index (χ1n) is 5.82. The van der Waals surface area contributed by atoms with Gasteiger partial charge in [0.1, 0.15) is 6.26 Å². The van der Waals surface area contributed by atoms with Crippen molar-refractivity contribution in [2.24, 2.45) is 5.41 Å². The van der Waals surface area contributed by atoms with Crippen molar-refractivity contribution in [2.45, 2.75) is 39.8 Å². The summed E-state index contributed by atoms with van der Waals surface area (Å²) in [5, 5.41) is 0. The van der Waals surface area contributed by atoms with Crippen LogP contribution < -0.4 is 0 Å². The largest absolute Gasteiger partial charge is 0.471 e. The zero-order valence-electron chi connectivity index (χ0n) is 11.0. The number of carbonyl (C=O) groups excluding carboxylic acids is 2. The monoisotopic (exact) mass is 279 g/mol. The molecule has 4 nitrogen and oxygen atoms in total. The summed E-state index contributed by atoms with van der Waals surface area (Å²) in [5.74, 6) is -2.49. The Morgan fingerprint density at radius 1 is 1.26 bits per heavy atom. The normalized spacial score (nSPS) is 18.8.